The van der Waals surface area contributed by atoms with E-state index in [1.807, 2.05) is 0 Å². The van der Waals surface area contributed by atoms with Crippen LogP contribution in [-0.2, 0) is 17.6 Å². The lowest BCUT2D eigenvalue weighted by molar-refractivity contribution is -0.120. The van der Waals surface area contributed by atoms with E-state index in [0.717, 1.165) is 24.0 Å². The van der Waals surface area contributed by atoms with Crippen LogP contribution < -0.4 is 5.32 Å². The van der Waals surface area contributed by atoms with Gasteiger partial charge in [0.25, 0.3) is 0 Å². The highest BCUT2D eigenvalue weighted by Gasteiger charge is 2.03. The molecule has 0 fully saturated rings. The van der Waals surface area contributed by atoms with E-state index in [1.165, 1.54) is 24.3 Å². The summed E-state index contributed by atoms with van der Waals surface area (Å²) in [5.41, 5.74) is 1.83. The zero-order chi connectivity index (χ0) is 15.1. The summed E-state index contributed by atoms with van der Waals surface area (Å²) in [7, 11) is 0. The third-order valence-corrected chi connectivity index (χ3v) is 3.16. The monoisotopic (exact) mass is 289 g/mol. The van der Waals surface area contributed by atoms with Gasteiger partial charge in [-0.3, -0.25) is 4.79 Å². The van der Waals surface area contributed by atoms with Crippen LogP contribution in [0.25, 0.3) is 0 Å². The topological polar surface area (TPSA) is 29.1 Å². The molecule has 0 aliphatic rings. The summed E-state index contributed by atoms with van der Waals surface area (Å²) in [6.45, 7) is 0.567. The van der Waals surface area contributed by atoms with Crippen LogP contribution in [0.1, 0.15) is 17.5 Å². The van der Waals surface area contributed by atoms with Gasteiger partial charge in [0.15, 0.2) is 0 Å². The Hall–Kier alpha value is -2.23. The Kier molecular flexibility index (Phi) is 5.43. The van der Waals surface area contributed by atoms with Gasteiger partial charge < -0.3 is 5.32 Å². The van der Waals surface area contributed by atoms with E-state index in [1.54, 1.807) is 24.3 Å². The van der Waals surface area contributed by atoms with E-state index in [2.05, 4.69) is 5.32 Å². The molecule has 2 rings (SSSR count). The van der Waals surface area contributed by atoms with Gasteiger partial charge in [0.1, 0.15) is 11.6 Å². The maximum absolute atomic E-state index is 12.7. The first-order valence-corrected chi connectivity index (χ1v) is 6.89. The molecule has 2 aromatic rings. The lowest BCUT2D eigenvalue weighted by atomic mass is 10.1. The fourth-order valence-corrected chi connectivity index (χ4v) is 2.02. The van der Waals surface area contributed by atoms with Crippen molar-refractivity contribution in [1.29, 1.82) is 0 Å². The third kappa shape index (κ3) is 5.34. The minimum absolute atomic E-state index is 0.0827. The van der Waals surface area contributed by atoms with Crippen LogP contribution in [-0.4, -0.2) is 12.5 Å². The van der Waals surface area contributed by atoms with E-state index in [4.69, 9.17) is 0 Å². The Bertz CT molecular complexity index is 579. The second-order valence-corrected chi connectivity index (χ2v) is 4.88. The van der Waals surface area contributed by atoms with Crippen molar-refractivity contribution in [2.24, 2.45) is 0 Å². The van der Waals surface area contributed by atoms with Crippen LogP contribution in [0.15, 0.2) is 48.5 Å². The summed E-state index contributed by atoms with van der Waals surface area (Å²) in [6, 6.07) is 12.3. The standard InChI is InChI=1S/C17H17F2NO/c18-15-7-3-13(4-8-15)2-1-11-20-17(21)12-14-5-9-16(19)10-6-14/h3-10H,1-2,11-12H2,(H,20,21). The van der Waals surface area contributed by atoms with E-state index < -0.39 is 0 Å². The van der Waals surface area contributed by atoms with Crippen molar-refractivity contribution in [3.63, 3.8) is 0 Å². The second-order valence-electron chi connectivity index (χ2n) is 4.88. The van der Waals surface area contributed by atoms with Crippen molar-refractivity contribution >= 4 is 5.91 Å². The van der Waals surface area contributed by atoms with Crippen molar-refractivity contribution in [2.75, 3.05) is 6.54 Å². The normalized spacial score (nSPS) is 10.4. The molecule has 110 valence electrons. The number of carbonyl (C=O) groups excluding carboxylic acids is 1. The van der Waals surface area contributed by atoms with E-state index >= 15 is 0 Å². The van der Waals surface area contributed by atoms with Gasteiger partial charge in [-0.05, 0) is 48.2 Å². The number of amides is 1. The van der Waals surface area contributed by atoms with Crippen LogP contribution in [0.3, 0.4) is 0 Å². The molecule has 0 atom stereocenters. The Labute approximate surface area is 122 Å². The quantitative estimate of drug-likeness (QED) is 0.813. The predicted octanol–water partition coefficient (Wildman–Crippen LogP) is 3.26. The molecular weight excluding hydrogens is 272 g/mol. The Balaban J connectivity index is 1.67. The summed E-state index contributed by atoms with van der Waals surface area (Å²) in [5.74, 6) is -0.634. The number of nitrogens with one attached hydrogen (secondary N) is 1. The van der Waals surface area contributed by atoms with Crippen LogP contribution in [0.4, 0.5) is 8.78 Å². The molecule has 0 unspecified atom stereocenters. The molecule has 0 aliphatic heterocycles. The van der Waals surface area contributed by atoms with Crippen molar-refractivity contribution in [3.8, 4) is 0 Å². The molecule has 0 bridgehead atoms. The molecule has 0 saturated heterocycles. The molecule has 2 aromatic carbocycles. The van der Waals surface area contributed by atoms with Crippen molar-refractivity contribution in [3.05, 3.63) is 71.3 Å². The van der Waals surface area contributed by atoms with Gasteiger partial charge in [-0.15, -0.1) is 0 Å². The summed E-state index contributed by atoms with van der Waals surface area (Å²) < 4.78 is 25.5. The smallest absolute Gasteiger partial charge is 0.224 e. The Morgan fingerprint density at radius 2 is 1.38 bits per heavy atom. The average Bonchev–Trinajstić information content (AvgIpc) is 2.48. The van der Waals surface area contributed by atoms with Gasteiger partial charge >= 0.3 is 0 Å². The van der Waals surface area contributed by atoms with Crippen LogP contribution in [0.5, 0.6) is 0 Å². The van der Waals surface area contributed by atoms with Crippen LogP contribution in [0, 0.1) is 11.6 Å². The molecule has 1 N–H and O–H groups in total. The highest BCUT2D eigenvalue weighted by atomic mass is 19.1. The van der Waals surface area contributed by atoms with Crippen molar-refractivity contribution in [2.45, 2.75) is 19.3 Å². The SMILES string of the molecule is O=C(Cc1ccc(F)cc1)NCCCc1ccc(F)cc1. The number of aryl methyl sites for hydroxylation is 1. The summed E-state index contributed by atoms with van der Waals surface area (Å²) >= 11 is 0. The third-order valence-electron chi connectivity index (χ3n) is 3.16. The maximum Gasteiger partial charge on any atom is 0.224 e. The summed E-state index contributed by atoms with van der Waals surface area (Å²) in [5, 5.41) is 2.82. The van der Waals surface area contributed by atoms with Crippen molar-refractivity contribution in [1.82, 2.24) is 5.32 Å². The zero-order valence-electron chi connectivity index (χ0n) is 11.6. The fourth-order valence-electron chi connectivity index (χ4n) is 2.02. The lowest BCUT2D eigenvalue weighted by Gasteiger charge is -2.06. The fraction of sp³-hybridized carbons (Fsp3) is 0.235. The largest absolute Gasteiger partial charge is 0.356 e. The number of rotatable bonds is 6. The first kappa shape index (κ1) is 15.2. The second kappa shape index (κ2) is 7.53. The summed E-state index contributed by atoms with van der Waals surface area (Å²) in [4.78, 5) is 11.7. The number of halogens is 2. The van der Waals surface area contributed by atoms with Crippen LogP contribution >= 0.6 is 0 Å². The number of carbonyl (C=O) groups is 1. The Morgan fingerprint density at radius 1 is 0.857 bits per heavy atom. The molecular formula is C17H17F2NO. The minimum atomic E-state index is -0.307. The minimum Gasteiger partial charge on any atom is -0.356 e. The number of benzene rings is 2. The molecule has 0 saturated carbocycles. The number of hydrogen-bond acceptors (Lipinski definition) is 1. The molecule has 2 nitrogen and oxygen atoms in total. The van der Waals surface area contributed by atoms with E-state index in [-0.39, 0.29) is 24.0 Å². The molecule has 4 heteroatoms. The molecule has 0 aromatic heterocycles. The van der Waals surface area contributed by atoms with Crippen molar-refractivity contribution < 1.29 is 13.6 Å². The van der Waals surface area contributed by atoms with Gasteiger partial charge in [-0.25, -0.2) is 8.78 Å². The van der Waals surface area contributed by atoms with E-state index in [0.29, 0.717) is 6.54 Å². The van der Waals surface area contributed by atoms with Gasteiger partial charge in [0, 0.05) is 6.54 Å². The molecule has 0 aliphatic carbocycles. The molecule has 21 heavy (non-hydrogen) atoms. The molecule has 0 heterocycles. The highest BCUT2D eigenvalue weighted by Crippen LogP contribution is 2.05. The zero-order valence-corrected chi connectivity index (χ0v) is 11.6. The molecule has 0 spiro atoms. The van der Waals surface area contributed by atoms with Gasteiger partial charge in [-0.1, -0.05) is 24.3 Å². The van der Waals surface area contributed by atoms with E-state index in [9.17, 15) is 13.6 Å². The molecule has 0 radical (unpaired) electrons. The average molecular weight is 289 g/mol. The van der Waals surface area contributed by atoms with Crippen LogP contribution in [0.2, 0.25) is 0 Å². The first-order chi connectivity index (χ1) is 10.1. The Morgan fingerprint density at radius 3 is 1.95 bits per heavy atom. The summed E-state index contributed by atoms with van der Waals surface area (Å²) in [6.07, 6.45) is 1.83. The van der Waals surface area contributed by atoms with Gasteiger partial charge in [-0.2, -0.15) is 0 Å². The van der Waals surface area contributed by atoms with Gasteiger partial charge in [0.2, 0.25) is 5.91 Å². The molecule has 1 amide bonds. The van der Waals surface area contributed by atoms with Gasteiger partial charge in [0.05, 0.1) is 6.42 Å². The highest BCUT2D eigenvalue weighted by molar-refractivity contribution is 5.78. The number of hydrogen-bond donors (Lipinski definition) is 1. The lowest BCUT2D eigenvalue weighted by Crippen LogP contribution is -2.26. The first-order valence-electron chi connectivity index (χ1n) is 6.89. The maximum atomic E-state index is 12.7. The predicted molar refractivity (Wildman–Crippen MR) is 77.8 cm³/mol.